The average molecular weight is 260 g/mol. The van der Waals surface area contributed by atoms with Gasteiger partial charge in [0.2, 0.25) is 0 Å². The van der Waals surface area contributed by atoms with Gasteiger partial charge in [-0.2, -0.15) is 0 Å². The molecule has 1 aliphatic rings. The molecule has 2 rings (SSSR count). The number of nitrogens with one attached hydrogen (secondary N) is 1. The smallest absolute Gasteiger partial charge is 0.0388 e. The monoisotopic (exact) mass is 260 g/mol. The van der Waals surface area contributed by atoms with Gasteiger partial charge in [-0.15, -0.1) is 0 Å². The van der Waals surface area contributed by atoms with E-state index in [-0.39, 0.29) is 0 Å². The Balaban J connectivity index is 2.16. The molecule has 0 saturated carbocycles. The summed E-state index contributed by atoms with van der Waals surface area (Å²) in [4.78, 5) is 2.53. The first kappa shape index (κ1) is 14.5. The lowest BCUT2D eigenvalue weighted by molar-refractivity contribution is 0.271. The highest BCUT2D eigenvalue weighted by Gasteiger charge is 2.33. The number of aryl methyl sites for hydroxylation is 1. The van der Waals surface area contributed by atoms with Gasteiger partial charge < -0.3 is 5.32 Å². The van der Waals surface area contributed by atoms with Gasteiger partial charge in [-0.3, -0.25) is 4.90 Å². The first-order valence-corrected chi connectivity index (χ1v) is 7.62. The van der Waals surface area contributed by atoms with Crippen molar-refractivity contribution >= 4 is 0 Å². The van der Waals surface area contributed by atoms with Crippen molar-refractivity contribution in [2.24, 2.45) is 5.92 Å². The molecule has 0 radical (unpaired) electrons. The molecule has 2 heteroatoms. The fourth-order valence-corrected chi connectivity index (χ4v) is 3.29. The normalized spacial score (nSPS) is 24.0. The fraction of sp³-hybridized carbons (Fsp3) is 0.647. The van der Waals surface area contributed by atoms with Crippen LogP contribution in [0.2, 0.25) is 0 Å². The molecule has 1 aromatic rings. The van der Waals surface area contributed by atoms with E-state index in [0.29, 0.717) is 6.04 Å². The molecule has 2 nitrogen and oxygen atoms in total. The Morgan fingerprint density at radius 3 is 2.84 bits per heavy atom. The van der Waals surface area contributed by atoms with Crippen molar-refractivity contribution in [2.75, 3.05) is 26.7 Å². The van der Waals surface area contributed by atoms with E-state index in [1.807, 2.05) is 0 Å². The number of hydrogen-bond donors (Lipinski definition) is 1. The third kappa shape index (κ3) is 3.18. The van der Waals surface area contributed by atoms with E-state index < -0.39 is 0 Å². The maximum atomic E-state index is 3.60. The Labute approximate surface area is 118 Å². The second-order valence-corrected chi connectivity index (χ2v) is 5.97. The van der Waals surface area contributed by atoms with Crippen LogP contribution in [0.25, 0.3) is 0 Å². The molecule has 1 aromatic carbocycles. The number of hydrogen-bond acceptors (Lipinski definition) is 2. The summed E-state index contributed by atoms with van der Waals surface area (Å²) in [6.45, 7) is 10.2. The molecule has 2 atom stereocenters. The molecule has 0 aliphatic carbocycles. The first-order valence-electron chi connectivity index (χ1n) is 7.62. The van der Waals surface area contributed by atoms with Crippen molar-refractivity contribution in [3.8, 4) is 0 Å². The van der Waals surface area contributed by atoms with E-state index in [2.05, 4.69) is 56.2 Å². The molecule has 1 fully saturated rings. The van der Waals surface area contributed by atoms with E-state index in [9.17, 15) is 0 Å². The number of benzene rings is 1. The van der Waals surface area contributed by atoms with E-state index in [1.54, 1.807) is 0 Å². The predicted octanol–water partition coefficient (Wildman–Crippen LogP) is 3.30. The van der Waals surface area contributed by atoms with Gasteiger partial charge in [0.25, 0.3) is 0 Å². The van der Waals surface area contributed by atoms with Gasteiger partial charge >= 0.3 is 0 Å². The van der Waals surface area contributed by atoms with E-state index in [4.69, 9.17) is 0 Å². The van der Waals surface area contributed by atoms with Crippen LogP contribution in [-0.4, -0.2) is 31.6 Å². The van der Waals surface area contributed by atoms with E-state index in [1.165, 1.54) is 36.1 Å². The lowest BCUT2D eigenvalue weighted by Crippen LogP contribution is -2.29. The fourth-order valence-electron chi connectivity index (χ4n) is 3.29. The summed E-state index contributed by atoms with van der Waals surface area (Å²) in [5, 5.41) is 3.60. The summed E-state index contributed by atoms with van der Waals surface area (Å²) in [5.41, 5.74) is 4.42. The Hall–Kier alpha value is -0.860. The summed E-state index contributed by atoms with van der Waals surface area (Å²) < 4.78 is 0. The van der Waals surface area contributed by atoms with Crippen LogP contribution in [0, 0.1) is 19.8 Å². The minimum absolute atomic E-state index is 0.587. The molecule has 0 spiro atoms. The minimum Gasteiger partial charge on any atom is -0.316 e. The van der Waals surface area contributed by atoms with Gasteiger partial charge in [0.15, 0.2) is 0 Å². The quantitative estimate of drug-likeness (QED) is 0.817. The lowest BCUT2D eigenvalue weighted by Gasteiger charge is -2.28. The summed E-state index contributed by atoms with van der Waals surface area (Å²) in [6, 6.07) is 7.34. The SMILES string of the molecule is CCCNCC1CCN(C)C1c1cccc(C)c1C. The molecule has 1 heterocycles. The standard InChI is InChI=1S/C17H28N2/c1-5-10-18-12-15-9-11-19(4)17(15)16-8-6-7-13(2)14(16)3/h6-8,15,17-18H,5,9-12H2,1-4H3. The Bertz CT molecular complexity index is 414. The maximum Gasteiger partial charge on any atom is 0.0388 e. The average Bonchev–Trinajstić information content (AvgIpc) is 2.75. The van der Waals surface area contributed by atoms with Crippen LogP contribution in [0.4, 0.5) is 0 Å². The highest BCUT2D eigenvalue weighted by molar-refractivity contribution is 5.36. The second kappa shape index (κ2) is 6.53. The van der Waals surface area contributed by atoms with Gasteiger partial charge in [0, 0.05) is 6.04 Å². The van der Waals surface area contributed by atoms with Crippen LogP contribution in [0.3, 0.4) is 0 Å². The topological polar surface area (TPSA) is 15.3 Å². The van der Waals surface area contributed by atoms with Crippen molar-refractivity contribution in [3.63, 3.8) is 0 Å². The minimum atomic E-state index is 0.587. The molecule has 1 N–H and O–H groups in total. The molecule has 0 aromatic heterocycles. The molecule has 106 valence electrons. The Morgan fingerprint density at radius 2 is 2.11 bits per heavy atom. The molecule has 0 amide bonds. The molecule has 2 unspecified atom stereocenters. The van der Waals surface area contributed by atoms with Gasteiger partial charge in [0.05, 0.1) is 0 Å². The van der Waals surface area contributed by atoms with Gasteiger partial charge in [-0.1, -0.05) is 25.1 Å². The zero-order chi connectivity index (χ0) is 13.8. The molecule has 1 saturated heterocycles. The van der Waals surface area contributed by atoms with Gasteiger partial charge in [0.1, 0.15) is 0 Å². The highest BCUT2D eigenvalue weighted by Crippen LogP contribution is 2.37. The van der Waals surface area contributed by atoms with E-state index >= 15 is 0 Å². The van der Waals surface area contributed by atoms with Crippen LogP contribution < -0.4 is 5.32 Å². The largest absolute Gasteiger partial charge is 0.316 e. The third-order valence-electron chi connectivity index (χ3n) is 4.57. The highest BCUT2D eigenvalue weighted by atomic mass is 15.2. The molecule has 1 aliphatic heterocycles. The summed E-state index contributed by atoms with van der Waals surface area (Å²) in [6.07, 6.45) is 2.53. The molecule has 19 heavy (non-hydrogen) atoms. The van der Waals surface area contributed by atoms with Crippen LogP contribution in [0.1, 0.15) is 42.5 Å². The van der Waals surface area contributed by atoms with Crippen LogP contribution in [-0.2, 0) is 0 Å². The first-order chi connectivity index (χ1) is 9.15. The zero-order valence-corrected chi connectivity index (χ0v) is 12.9. The Kier molecular flexibility index (Phi) is 5.00. The van der Waals surface area contributed by atoms with Gasteiger partial charge in [-0.25, -0.2) is 0 Å². The summed E-state index contributed by atoms with van der Waals surface area (Å²) in [7, 11) is 2.27. The lowest BCUT2D eigenvalue weighted by atomic mass is 9.89. The zero-order valence-electron chi connectivity index (χ0n) is 12.9. The summed E-state index contributed by atoms with van der Waals surface area (Å²) in [5.74, 6) is 0.747. The number of likely N-dealkylation sites (tertiary alicyclic amines) is 1. The van der Waals surface area contributed by atoms with Crippen LogP contribution in [0.5, 0.6) is 0 Å². The molecule has 0 bridgehead atoms. The Morgan fingerprint density at radius 1 is 1.32 bits per heavy atom. The third-order valence-corrected chi connectivity index (χ3v) is 4.57. The second-order valence-electron chi connectivity index (χ2n) is 5.97. The van der Waals surface area contributed by atoms with Crippen molar-refractivity contribution < 1.29 is 0 Å². The maximum absolute atomic E-state index is 3.60. The van der Waals surface area contributed by atoms with Crippen LogP contribution in [0.15, 0.2) is 18.2 Å². The van der Waals surface area contributed by atoms with Crippen molar-refractivity contribution in [2.45, 2.75) is 39.7 Å². The molecular weight excluding hydrogens is 232 g/mol. The predicted molar refractivity (Wildman–Crippen MR) is 82.6 cm³/mol. The summed E-state index contributed by atoms with van der Waals surface area (Å²) >= 11 is 0. The van der Waals surface area contributed by atoms with Crippen LogP contribution >= 0.6 is 0 Å². The van der Waals surface area contributed by atoms with E-state index in [0.717, 1.165) is 19.0 Å². The van der Waals surface area contributed by atoms with Gasteiger partial charge in [-0.05, 0) is 76.0 Å². The van der Waals surface area contributed by atoms with Crippen molar-refractivity contribution in [1.82, 2.24) is 10.2 Å². The van der Waals surface area contributed by atoms with Crippen molar-refractivity contribution in [3.05, 3.63) is 34.9 Å². The molecular formula is C17H28N2. The number of nitrogens with zero attached hydrogens (tertiary/aromatic N) is 1. The van der Waals surface area contributed by atoms with Crippen molar-refractivity contribution in [1.29, 1.82) is 0 Å². The number of rotatable bonds is 5.